The zero-order valence-corrected chi connectivity index (χ0v) is 18.7. The van der Waals surface area contributed by atoms with E-state index in [1.54, 1.807) is 31.4 Å². The van der Waals surface area contributed by atoms with E-state index in [2.05, 4.69) is 25.3 Å². The maximum Gasteiger partial charge on any atom is 0.276 e. The molecule has 7 nitrogen and oxygen atoms in total. The average molecular weight is 458 g/mol. The topological polar surface area (TPSA) is 70.6 Å². The van der Waals surface area contributed by atoms with Gasteiger partial charge >= 0.3 is 0 Å². The molecular formula is C26H24FN5O2. The third-order valence-electron chi connectivity index (χ3n) is 5.98. The fraction of sp³-hybridized carbons (Fsp3) is 0.192. The van der Waals surface area contributed by atoms with Gasteiger partial charge in [0, 0.05) is 54.4 Å². The van der Waals surface area contributed by atoms with Crippen molar-refractivity contribution in [3.05, 3.63) is 84.3 Å². The number of nitrogens with one attached hydrogen (secondary N) is 1. The number of aromatic nitrogens is 2. The molecule has 1 aromatic heterocycles. The highest BCUT2D eigenvalue weighted by Crippen LogP contribution is 2.28. The normalized spacial score (nSPS) is 13.7. The number of amides is 1. The van der Waals surface area contributed by atoms with Crippen molar-refractivity contribution in [1.29, 1.82) is 0 Å². The van der Waals surface area contributed by atoms with E-state index in [9.17, 15) is 9.18 Å². The van der Waals surface area contributed by atoms with Crippen molar-refractivity contribution in [3.8, 4) is 5.75 Å². The molecule has 8 heteroatoms. The van der Waals surface area contributed by atoms with Crippen molar-refractivity contribution in [2.45, 2.75) is 0 Å². The predicted octanol–water partition coefficient (Wildman–Crippen LogP) is 4.36. The van der Waals surface area contributed by atoms with Gasteiger partial charge in [0.15, 0.2) is 11.5 Å². The summed E-state index contributed by atoms with van der Waals surface area (Å²) in [7, 11) is 1.58. The lowest BCUT2D eigenvalue weighted by molar-refractivity contribution is 0.102. The van der Waals surface area contributed by atoms with Crippen LogP contribution in [0.2, 0.25) is 0 Å². The second kappa shape index (κ2) is 9.35. The molecule has 1 amide bonds. The van der Waals surface area contributed by atoms with Crippen molar-refractivity contribution in [1.82, 2.24) is 10.2 Å². The summed E-state index contributed by atoms with van der Waals surface area (Å²) >= 11 is 0. The van der Waals surface area contributed by atoms with E-state index in [4.69, 9.17) is 4.74 Å². The highest BCUT2D eigenvalue weighted by Gasteiger charge is 2.23. The number of methoxy groups -OCH3 is 1. The number of anilines is 3. The predicted molar refractivity (Wildman–Crippen MR) is 131 cm³/mol. The minimum Gasteiger partial charge on any atom is -0.497 e. The summed E-state index contributed by atoms with van der Waals surface area (Å²) in [6.07, 6.45) is 0. The van der Waals surface area contributed by atoms with Crippen molar-refractivity contribution in [2.24, 2.45) is 0 Å². The van der Waals surface area contributed by atoms with Crippen molar-refractivity contribution >= 4 is 33.9 Å². The molecule has 1 fully saturated rings. The zero-order valence-electron chi connectivity index (χ0n) is 18.7. The Morgan fingerprint density at radius 1 is 0.882 bits per heavy atom. The molecule has 0 bridgehead atoms. The minimum atomic E-state index is -0.329. The Morgan fingerprint density at radius 2 is 1.59 bits per heavy atom. The number of fused-ring (bicyclic) bond motifs is 1. The highest BCUT2D eigenvalue weighted by molar-refractivity contribution is 6.12. The quantitative estimate of drug-likeness (QED) is 0.480. The van der Waals surface area contributed by atoms with E-state index in [1.165, 1.54) is 12.1 Å². The van der Waals surface area contributed by atoms with E-state index in [1.807, 2.05) is 36.4 Å². The van der Waals surface area contributed by atoms with E-state index in [0.29, 0.717) is 11.4 Å². The largest absolute Gasteiger partial charge is 0.497 e. The molecule has 1 saturated heterocycles. The number of hydrogen-bond donors (Lipinski definition) is 1. The van der Waals surface area contributed by atoms with Gasteiger partial charge in [-0.3, -0.25) is 4.79 Å². The molecule has 0 unspecified atom stereocenters. The Balaban J connectivity index is 1.37. The number of carbonyl (C=O) groups excluding carboxylic acids is 1. The average Bonchev–Trinajstić information content (AvgIpc) is 2.89. The number of carbonyl (C=O) groups is 1. The smallest absolute Gasteiger partial charge is 0.276 e. The van der Waals surface area contributed by atoms with Gasteiger partial charge in [-0.25, -0.2) is 4.39 Å². The fourth-order valence-electron chi connectivity index (χ4n) is 4.21. The summed E-state index contributed by atoms with van der Waals surface area (Å²) in [4.78, 5) is 17.4. The molecular weight excluding hydrogens is 433 g/mol. The lowest BCUT2D eigenvalue weighted by atomic mass is 10.1. The number of benzene rings is 3. The highest BCUT2D eigenvalue weighted by atomic mass is 19.1. The first-order valence-electron chi connectivity index (χ1n) is 11.1. The van der Waals surface area contributed by atoms with E-state index in [-0.39, 0.29) is 17.4 Å². The molecule has 172 valence electrons. The first-order valence-corrected chi connectivity index (χ1v) is 11.1. The van der Waals surface area contributed by atoms with Crippen LogP contribution in [0.15, 0.2) is 72.8 Å². The van der Waals surface area contributed by atoms with Gasteiger partial charge in [-0.15, -0.1) is 10.2 Å². The summed E-state index contributed by atoms with van der Waals surface area (Å²) in [6.45, 7) is 3.04. The Kier molecular flexibility index (Phi) is 5.95. The Hall–Kier alpha value is -4.20. The third kappa shape index (κ3) is 4.34. The Morgan fingerprint density at radius 3 is 2.32 bits per heavy atom. The van der Waals surface area contributed by atoms with Crippen LogP contribution in [0.4, 0.5) is 21.6 Å². The maximum absolute atomic E-state index is 13.3. The number of hydrogen-bond acceptors (Lipinski definition) is 6. The first kappa shape index (κ1) is 21.6. The van der Waals surface area contributed by atoms with Crippen LogP contribution < -0.4 is 19.9 Å². The molecule has 1 aliphatic rings. The third-order valence-corrected chi connectivity index (χ3v) is 5.98. The molecule has 0 atom stereocenters. The SMILES string of the molecule is COc1cccc(NC(=O)c2nnc(N3CCN(c4ccc(F)cc4)CC3)c3ccccc23)c1. The standard InChI is InChI=1S/C26H24FN5O2/c1-34-21-6-4-5-19(17-21)28-26(33)24-22-7-2-3-8-23(22)25(30-29-24)32-15-13-31(14-16-32)20-11-9-18(27)10-12-20/h2-12,17H,13-16H2,1H3,(H,28,33). The van der Waals surface area contributed by atoms with Crippen molar-refractivity contribution < 1.29 is 13.9 Å². The number of ether oxygens (including phenoxy) is 1. The van der Waals surface area contributed by atoms with Gasteiger partial charge in [-0.2, -0.15) is 0 Å². The molecule has 34 heavy (non-hydrogen) atoms. The van der Waals surface area contributed by atoms with Crippen molar-refractivity contribution in [3.63, 3.8) is 0 Å². The van der Waals surface area contributed by atoms with Gasteiger partial charge in [-0.05, 0) is 36.4 Å². The Bertz CT molecular complexity index is 1320. The molecule has 5 rings (SSSR count). The van der Waals surface area contributed by atoms with Crippen LogP contribution in [-0.2, 0) is 0 Å². The molecule has 0 radical (unpaired) electrons. The maximum atomic E-state index is 13.3. The van der Waals surface area contributed by atoms with E-state index >= 15 is 0 Å². The fourth-order valence-corrected chi connectivity index (χ4v) is 4.21. The molecule has 2 heterocycles. The molecule has 0 spiro atoms. The number of nitrogens with zero attached hydrogens (tertiary/aromatic N) is 4. The summed E-state index contributed by atoms with van der Waals surface area (Å²) in [5.74, 6) is 0.848. The number of halogens is 1. The van der Waals surface area contributed by atoms with Crippen LogP contribution in [0.5, 0.6) is 5.75 Å². The van der Waals surface area contributed by atoms with Crippen LogP contribution in [0.1, 0.15) is 10.5 Å². The second-order valence-electron chi connectivity index (χ2n) is 8.05. The number of rotatable bonds is 5. The van der Waals surface area contributed by atoms with Gasteiger partial charge in [0.2, 0.25) is 0 Å². The Labute approximate surface area is 196 Å². The van der Waals surface area contributed by atoms with Crippen LogP contribution in [-0.4, -0.2) is 49.4 Å². The zero-order chi connectivity index (χ0) is 23.5. The molecule has 4 aromatic rings. The lowest BCUT2D eigenvalue weighted by Crippen LogP contribution is -2.47. The molecule has 3 aromatic carbocycles. The van der Waals surface area contributed by atoms with E-state index < -0.39 is 0 Å². The molecule has 1 aliphatic heterocycles. The van der Waals surface area contributed by atoms with Crippen LogP contribution in [0.25, 0.3) is 10.8 Å². The van der Waals surface area contributed by atoms with Crippen molar-refractivity contribution in [2.75, 3.05) is 48.4 Å². The lowest BCUT2D eigenvalue weighted by Gasteiger charge is -2.37. The monoisotopic (exact) mass is 457 g/mol. The minimum absolute atomic E-state index is 0.236. The number of piperazine rings is 1. The summed E-state index contributed by atoms with van der Waals surface area (Å²) < 4.78 is 18.5. The van der Waals surface area contributed by atoms with Crippen LogP contribution >= 0.6 is 0 Å². The molecule has 0 aliphatic carbocycles. The first-order chi connectivity index (χ1) is 16.6. The van der Waals surface area contributed by atoms with E-state index in [0.717, 1.165) is 48.5 Å². The van der Waals surface area contributed by atoms with Crippen LogP contribution in [0, 0.1) is 5.82 Å². The van der Waals surface area contributed by atoms with Gasteiger partial charge in [0.25, 0.3) is 5.91 Å². The van der Waals surface area contributed by atoms with Gasteiger partial charge < -0.3 is 19.9 Å². The summed E-state index contributed by atoms with van der Waals surface area (Å²) in [6, 6.07) is 21.4. The molecule has 0 saturated carbocycles. The summed E-state index contributed by atoms with van der Waals surface area (Å²) in [5.41, 5.74) is 1.89. The van der Waals surface area contributed by atoms with Crippen LogP contribution in [0.3, 0.4) is 0 Å². The second-order valence-corrected chi connectivity index (χ2v) is 8.05. The van der Waals surface area contributed by atoms with Gasteiger partial charge in [-0.1, -0.05) is 30.3 Å². The summed E-state index contributed by atoms with van der Waals surface area (Å²) in [5, 5.41) is 13.3. The van der Waals surface area contributed by atoms with Gasteiger partial charge in [0.05, 0.1) is 7.11 Å². The molecule has 1 N–H and O–H groups in total. The van der Waals surface area contributed by atoms with Gasteiger partial charge in [0.1, 0.15) is 11.6 Å².